The molecular weight excluding hydrogens is 526 g/mol. The summed E-state index contributed by atoms with van der Waals surface area (Å²) < 4.78 is 5.12. The smallest absolute Gasteiger partial charge is 0.253 e. The molecule has 1 heterocycles. The number of hydrogen-bond donors (Lipinski definition) is 5. The minimum atomic E-state index is -0.733. The summed E-state index contributed by atoms with van der Waals surface area (Å²) in [5.41, 5.74) is 14.0. The Morgan fingerprint density at radius 2 is 1.71 bits per heavy atom. The van der Waals surface area contributed by atoms with Crippen molar-refractivity contribution in [3.63, 3.8) is 0 Å². The number of anilines is 1. The van der Waals surface area contributed by atoms with Crippen molar-refractivity contribution in [2.45, 2.75) is 71.1 Å². The molecule has 0 spiro atoms. The molecular formula is C29H45N7O5. The van der Waals surface area contributed by atoms with E-state index in [1.54, 1.807) is 19.2 Å². The molecule has 2 rings (SSSR count). The topological polar surface area (TPSA) is 186 Å². The minimum absolute atomic E-state index is 0.0368. The molecule has 226 valence electrons. The lowest BCUT2D eigenvalue weighted by atomic mass is 10.0. The van der Waals surface area contributed by atoms with Gasteiger partial charge in [0.25, 0.3) is 11.8 Å². The number of carbonyl (C=O) groups is 4. The number of rotatable bonds is 18. The van der Waals surface area contributed by atoms with Crippen molar-refractivity contribution in [1.29, 1.82) is 0 Å². The van der Waals surface area contributed by atoms with Crippen LogP contribution in [-0.4, -0.2) is 65.8 Å². The Balaban J connectivity index is 1.94. The molecule has 8 N–H and O–H groups in total. The van der Waals surface area contributed by atoms with Crippen molar-refractivity contribution < 1.29 is 23.9 Å². The van der Waals surface area contributed by atoms with Gasteiger partial charge >= 0.3 is 0 Å². The average molecular weight is 572 g/mol. The lowest BCUT2D eigenvalue weighted by Crippen LogP contribution is -2.48. The molecule has 0 fully saturated rings. The van der Waals surface area contributed by atoms with Crippen LogP contribution in [-0.2, 0) is 30.5 Å². The summed E-state index contributed by atoms with van der Waals surface area (Å²) in [7, 11) is 1.62. The highest BCUT2D eigenvalue weighted by Crippen LogP contribution is 2.16. The summed E-state index contributed by atoms with van der Waals surface area (Å²) in [6.07, 6.45) is 7.18. The second-order valence-corrected chi connectivity index (χ2v) is 10.4. The van der Waals surface area contributed by atoms with Gasteiger partial charge in [0, 0.05) is 49.8 Å². The average Bonchev–Trinajstić information content (AvgIpc) is 3.25. The first-order chi connectivity index (χ1) is 19.6. The number of nitrogens with one attached hydrogen (secondary N) is 2. The number of methoxy groups -OCH3 is 1. The molecule has 12 heteroatoms. The van der Waals surface area contributed by atoms with E-state index in [1.165, 1.54) is 28.3 Å². The molecule has 41 heavy (non-hydrogen) atoms. The first kappa shape index (κ1) is 33.5. The van der Waals surface area contributed by atoms with Crippen molar-refractivity contribution in [2.75, 3.05) is 25.5 Å². The number of unbranched alkanes of at least 4 members (excludes halogenated alkanes) is 2. The van der Waals surface area contributed by atoms with Crippen molar-refractivity contribution in [3.05, 3.63) is 53.9 Å². The number of nitrogens with two attached hydrogens (primary N) is 3. The minimum Gasteiger partial charge on any atom is -0.399 e. The molecule has 0 saturated carbocycles. The molecule has 0 saturated heterocycles. The summed E-state index contributed by atoms with van der Waals surface area (Å²) in [6, 6.07) is 6.10. The lowest BCUT2D eigenvalue weighted by molar-refractivity contribution is -0.137. The Kier molecular flexibility index (Phi) is 14.0. The number of nitrogens with zero attached hydrogens (tertiary/aromatic N) is 2. The van der Waals surface area contributed by atoms with E-state index >= 15 is 0 Å². The van der Waals surface area contributed by atoms with Crippen LogP contribution in [0, 0.1) is 5.92 Å². The zero-order valence-corrected chi connectivity index (χ0v) is 24.3. The number of hydrazine groups is 1. The molecule has 0 aliphatic carbocycles. The van der Waals surface area contributed by atoms with E-state index in [0.29, 0.717) is 63.2 Å². The van der Waals surface area contributed by atoms with Crippen molar-refractivity contribution in [2.24, 2.45) is 23.2 Å². The summed E-state index contributed by atoms with van der Waals surface area (Å²) >= 11 is 0. The highest BCUT2D eigenvalue weighted by atomic mass is 16.5. The molecule has 4 amide bonds. The predicted molar refractivity (Wildman–Crippen MR) is 157 cm³/mol. The Morgan fingerprint density at radius 1 is 1.05 bits per heavy atom. The molecule has 1 aromatic rings. The fourth-order valence-corrected chi connectivity index (χ4v) is 4.41. The molecule has 1 aromatic carbocycles. The van der Waals surface area contributed by atoms with Gasteiger partial charge in [-0.15, -0.1) is 0 Å². The fourth-order valence-electron chi connectivity index (χ4n) is 4.41. The first-order valence-electron chi connectivity index (χ1n) is 14.0. The third-order valence-electron chi connectivity index (χ3n) is 6.70. The van der Waals surface area contributed by atoms with E-state index in [-0.39, 0.29) is 36.0 Å². The lowest BCUT2D eigenvalue weighted by Gasteiger charge is -2.29. The summed E-state index contributed by atoms with van der Waals surface area (Å²) in [4.78, 5) is 50.2. The van der Waals surface area contributed by atoms with Crippen LogP contribution in [0.4, 0.5) is 5.69 Å². The van der Waals surface area contributed by atoms with E-state index in [1.807, 2.05) is 26.0 Å². The predicted octanol–water partition coefficient (Wildman–Crippen LogP) is 1.48. The van der Waals surface area contributed by atoms with Gasteiger partial charge in [-0.05, 0) is 55.8 Å². The molecule has 1 aliphatic heterocycles. The van der Waals surface area contributed by atoms with Crippen molar-refractivity contribution in [3.8, 4) is 0 Å². The van der Waals surface area contributed by atoms with E-state index in [9.17, 15) is 19.2 Å². The molecule has 1 aliphatic rings. The second-order valence-electron chi connectivity index (χ2n) is 10.4. The molecule has 0 bridgehead atoms. The molecule has 2 atom stereocenters. The maximum absolute atomic E-state index is 13.1. The molecule has 12 nitrogen and oxygen atoms in total. The summed E-state index contributed by atoms with van der Waals surface area (Å²) in [6.45, 7) is 5.06. The van der Waals surface area contributed by atoms with Crippen molar-refractivity contribution in [1.82, 2.24) is 15.2 Å². The summed E-state index contributed by atoms with van der Waals surface area (Å²) in [5.74, 6) is 5.20. The first-order valence-corrected chi connectivity index (χ1v) is 14.0. The van der Waals surface area contributed by atoms with E-state index in [4.69, 9.17) is 22.0 Å². The number of ether oxygens (including phenoxy) is 1. The highest BCUT2D eigenvalue weighted by molar-refractivity contribution is 6.12. The van der Waals surface area contributed by atoms with Crippen LogP contribution >= 0.6 is 0 Å². The highest BCUT2D eigenvalue weighted by Gasteiger charge is 2.25. The molecule has 0 radical (unpaired) electrons. The third-order valence-corrected chi connectivity index (χ3v) is 6.70. The maximum atomic E-state index is 13.1. The van der Waals surface area contributed by atoms with Gasteiger partial charge in [0.15, 0.2) is 0 Å². The number of imide groups is 1. The Morgan fingerprint density at radius 3 is 2.29 bits per heavy atom. The third kappa shape index (κ3) is 11.0. The van der Waals surface area contributed by atoms with E-state index in [2.05, 4.69) is 10.6 Å². The van der Waals surface area contributed by atoms with Crippen LogP contribution in [0.1, 0.15) is 57.9 Å². The SMILES string of the molecule is COCc1ccc(NC(=O)[C@H](CCCN)N(N)/C=C(\N)[C@@H](NC(=O)CCCCCN2C(=O)C=CC2=O)C(C)C)cc1. The van der Waals surface area contributed by atoms with E-state index in [0.717, 1.165) is 5.56 Å². The van der Waals surface area contributed by atoms with E-state index < -0.39 is 12.1 Å². The van der Waals surface area contributed by atoms with Gasteiger partial charge in [0.1, 0.15) is 6.04 Å². The standard InChI is InChI=1S/C29H45N7O5/c1-20(2)28(34-25(37)9-5-4-6-17-35-26(38)14-15-27(35)39)23(31)18-36(32)24(8-7-16-30)29(40)33-22-12-10-21(11-13-22)19-41-3/h10-15,18,20,24,28H,4-9,16-17,19,30-32H2,1-3H3,(H,33,40)(H,34,37)/b23-18-/t24-,28-/m0/s1. The maximum Gasteiger partial charge on any atom is 0.253 e. The molecule has 0 aromatic heterocycles. The molecule has 0 unspecified atom stereocenters. The van der Waals surface area contributed by atoms with Gasteiger partial charge in [-0.1, -0.05) is 32.4 Å². The van der Waals surface area contributed by atoms with Crippen molar-refractivity contribution >= 4 is 29.3 Å². The fraction of sp³-hybridized carbons (Fsp3) is 0.517. The number of amides is 4. The van der Waals surface area contributed by atoms with Crippen LogP contribution in [0.2, 0.25) is 0 Å². The zero-order valence-electron chi connectivity index (χ0n) is 24.3. The van der Waals surface area contributed by atoms with Gasteiger partial charge in [-0.2, -0.15) is 0 Å². The van der Waals surface area contributed by atoms with Gasteiger partial charge in [-0.25, -0.2) is 5.84 Å². The van der Waals surface area contributed by atoms with Gasteiger partial charge in [-0.3, -0.25) is 24.1 Å². The number of hydrogen-bond acceptors (Lipinski definition) is 9. The summed E-state index contributed by atoms with van der Waals surface area (Å²) in [5, 5.41) is 7.12. The Hall–Kier alpha value is -3.74. The second kappa shape index (κ2) is 17.2. The van der Waals surface area contributed by atoms with Crippen LogP contribution in [0.5, 0.6) is 0 Å². The van der Waals surface area contributed by atoms with Crippen LogP contribution in [0.25, 0.3) is 0 Å². The van der Waals surface area contributed by atoms with Crippen LogP contribution in [0.3, 0.4) is 0 Å². The van der Waals surface area contributed by atoms with Crippen LogP contribution in [0.15, 0.2) is 48.3 Å². The normalized spacial score (nSPS) is 14.9. The monoisotopic (exact) mass is 571 g/mol. The van der Waals surface area contributed by atoms with Gasteiger partial charge in [0.2, 0.25) is 11.8 Å². The largest absolute Gasteiger partial charge is 0.399 e. The number of carbonyl (C=O) groups excluding carboxylic acids is 4. The van der Waals surface area contributed by atoms with Gasteiger partial charge < -0.3 is 31.8 Å². The Bertz CT molecular complexity index is 1070. The quantitative estimate of drug-likeness (QED) is 0.0753. The number of benzene rings is 1. The van der Waals surface area contributed by atoms with Gasteiger partial charge in [0.05, 0.1) is 12.6 Å². The zero-order chi connectivity index (χ0) is 30.4. The Labute approximate surface area is 242 Å². The van der Waals surface area contributed by atoms with Crippen LogP contribution < -0.4 is 27.9 Å².